The van der Waals surface area contributed by atoms with Gasteiger partial charge in [-0.25, -0.2) is 4.98 Å². The number of hydrogen-bond acceptors (Lipinski definition) is 10. The standard InChI is InChI=1S/C33H36N8O4/c1-2-34-31(44)28-26(42)27(43)32(45-28)41-20-38-25-29(39-33(40-30(25)41)36-18-16-23-15-9-10-17-35-23)37-19-24(21-11-5-3-6-12-21)22-13-7-4-8-14-22/h3-15,17,20,24,26-28,32,42-43H,2,16,18-19H2,1H3,(H,34,44)(H2,36,37,39,40)/t26-,27+,28-,32+/m0/s1. The lowest BCUT2D eigenvalue weighted by molar-refractivity contribution is -0.137. The molecule has 4 heterocycles. The van der Waals surface area contributed by atoms with E-state index in [1.807, 2.05) is 54.6 Å². The van der Waals surface area contributed by atoms with Gasteiger partial charge in [-0.3, -0.25) is 14.3 Å². The summed E-state index contributed by atoms with van der Waals surface area (Å²) in [6, 6.07) is 26.3. The van der Waals surface area contributed by atoms with Gasteiger partial charge in [0, 0.05) is 43.9 Å². The van der Waals surface area contributed by atoms with E-state index >= 15 is 0 Å². The third-order valence-electron chi connectivity index (χ3n) is 7.81. The maximum Gasteiger partial charge on any atom is 0.252 e. The Bertz CT molecular complexity index is 1660. The van der Waals surface area contributed by atoms with Gasteiger partial charge in [0.25, 0.3) is 5.91 Å². The molecule has 2 aromatic carbocycles. The fourth-order valence-electron chi connectivity index (χ4n) is 5.53. The summed E-state index contributed by atoms with van der Waals surface area (Å²) in [6.07, 6.45) is -1.26. The molecule has 12 heteroatoms. The number of carbonyl (C=O) groups excluding carboxylic acids is 1. The highest BCUT2D eigenvalue weighted by molar-refractivity contribution is 5.85. The minimum absolute atomic E-state index is 0.0213. The molecule has 0 spiro atoms. The first-order valence-electron chi connectivity index (χ1n) is 15.0. The van der Waals surface area contributed by atoms with Crippen LogP contribution in [-0.4, -0.2) is 78.6 Å². The number of carbonyl (C=O) groups is 1. The summed E-state index contributed by atoms with van der Waals surface area (Å²) >= 11 is 0. The van der Waals surface area contributed by atoms with Gasteiger partial charge in [0.15, 0.2) is 29.3 Å². The van der Waals surface area contributed by atoms with Crippen LogP contribution in [0.25, 0.3) is 11.2 Å². The Balaban J connectivity index is 1.32. The van der Waals surface area contributed by atoms with Crippen molar-refractivity contribution < 1.29 is 19.7 Å². The van der Waals surface area contributed by atoms with Crippen LogP contribution in [0.1, 0.15) is 35.9 Å². The van der Waals surface area contributed by atoms with Crippen LogP contribution in [0.5, 0.6) is 0 Å². The van der Waals surface area contributed by atoms with Gasteiger partial charge >= 0.3 is 0 Å². The van der Waals surface area contributed by atoms with E-state index in [9.17, 15) is 15.0 Å². The lowest BCUT2D eigenvalue weighted by Gasteiger charge is -2.20. The number of fused-ring (bicyclic) bond motifs is 1. The summed E-state index contributed by atoms with van der Waals surface area (Å²) in [5.41, 5.74) is 4.05. The Morgan fingerprint density at radius 2 is 1.62 bits per heavy atom. The maximum absolute atomic E-state index is 12.5. The van der Waals surface area contributed by atoms with E-state index < -0.39 is 30.4 Å². The Hall–Kier alpha value is -4.91. The second-order valence-corrected chi connectivity index (χ2v) is 10.8. The highest BCUT2D eigenvalue weighted by atomic mass is 16.6. The Morgan fingerprint density at radius 1 is 0.911 bits per heavy atom. The number of aliphatic hydroxyl groups excluding tert-OH is 2. The number of hydrogen-bond donors (Lipinski definition) is 5. The molecule has 0 radical (unpaired) electrons. The fraction of sp³-hybridized carbons (Fsp3) is 0.303. The number of imidazole rings is 1. The number of aromatic nitrogens is 5. The molecule has 4 atom stereocenters. The first-order chi connectivity index (χ1) is 22.0. The summed E-state index contributed by atoms with van der Waals surface area (Å²) in [5.74, 6) is 0.349. The number of pyridine rings is 1. The molecule has 1 saturated heterocycles. The second-order valence-electron chi connectivity index (χ2n) is 10.8. The van der Waals surface area contributed by atoms with E-state index in [1.165, 1.54) is 10.9 Å². The van der Waals surface area contributed by atoms with Gasteiger partial charge in [0.2, 0.25) is 5.95 Å². The van der Waals surface area contributed by atoms with Crippen molar-refractivity contribution in [3.8, 4) is 0 Å². The normalized spacial score (nSPS) is 19.6. The van der Waals surface area contributed by atoms with Crippen LogP contribution in [-0.2, 0) is 16.0 Å². The fourth-order valence-corrected chi connectivity index (χ4v) is 5.53. The van der Waals surface area contributed by atoms with Crippen LogP contribution in [0.15, 0.2) is 91.4 Å². The van der Waals surface area contributed by atoms with Gasteiger partial charge in [-0.05, 0) is 30.2 Å². The van der Waals surface area contributed by atoms with Crippen molar-refractivity contribution in [2.45, 2.75) is 43.8 Å². The first-order valence-corrected chi connectivity index (χ1v) is 15.0. The van der Waals surface area contributed by atoms with Crippen LogP contribution in [0.3, 0.4) is 0 Å². The van der Waals surface area contributed by atoms with Crippen LogP contribution in [0.4, 0.5) is 11.8 Å². The third kappa shape index (κ3) is 6.63. The lowest BCUT2D eigenvalue weighted by atomic mass is 9.91. The van der Waals surface area contributed by atoms with E-state index in [4.69, 9.17) is 14.7 Å². The Kier molecular flexibility index (Phi) is 9.24. The second kappa shape index (κ2) is 13.8. The molecule has 0 unspecified atom stereocenters. The number of likely N-dealkylation sites (N-methyl/N-ethyl adjacent to an activating group) is 1. The number of amides is 1. The van der Waals surface area contributed by atoms with E-state index in [-0.39, 0.29) is 5.92 Å². The zero-order valence-electron chi connectivity index (χ0n) is 24.8. The summed E-state index contributed by atoms with van der Waals surface area (Å²) < 4.78 is 7.42. The number of nitrogens with zero attached hydrogens (tertiary/aromatic N) is 5. The van der Waals surface area contributed by atoms with E-state index in [0.29, 0.717) is 49.0 Å². The molecule has 12 nitrogen and oxygen atoms in total. The van der Waals surface area contributed by atoms with Gasteiger partial charge in [-0.2, -0.15) is 9.97 Å². The highest BCUT2D eigenvalue weighted by Gasteiger charge is 2.47. The molecule has 1 amide bonds. The predicted molar refractivity (Wildman–Crippen MR) is 170 cm³/mol. The molecule has 0 bridgehead atoms. The molecule has 5 aromatic rings. The molecule has 1 aliphatic rings. The van der Waals surface area contributed by atoms with Gasteiger partial charge in [-0.15, -0.1) is 0 Å². The molecule has 0 aliphatic carbocycles. The summed E-state index contributed by atoms with van der Waals surface area (Å²) in [7, 11) is 0. The Morgan fingerprint density at radius 3 is 2.29 bits per heavy atom. The zero-order valence-corrected chi connectivity index (χ0v) is 24.8. The summed E-state index contributed by atoms with van der Waals surface area (Å²) in [4.78, 5) is 31.0. The highest BCUT2D eigenvalue weighted by Crippen LogP contribution is 2.34. The average Bonchev–Trinajstić information content (AvgIpc) is 3.63. The third-order valence-corrected chi connectivity index (χ3v) is 7.81. The number of benzene rings is 2. The number of ether oxygens (including phenoxy) is 1. The van der Waals surface area contributed by atoms with E-state index in [2.05, 4.69) is 50.2 Å². The molecule has 232 valence electrons. The van der Waals surface area contributed by atoms with Crippen molar-refractivity contribution in [3.05, 3.63) is 108 Å². The van der Waals surface area contributed by atoms with Crippen molar-refractivity contribution in [1.82, 2.24) is 29.8 Å². The van der Waals surface area contributed by atoms with Crippen molar-refractivity contribution in [2.75, 3.05) is 30.3 Å². The van der Waals surface area contributed by atoms with Gasteiger partial charge < -0.3 is 30.9 Å². The largest absolute Gasteiger partial charge is 0.387 e. The van der Waals surface area contributed by atoms with E-state index in [0.717, 1.165) is 16.8 Å². The molecular formula is C33H36N8O4. The number of rotatable bonds is 12. The average molecular weight is 609 g/mol. The van der Waals surface area contributed by atoms with Crippen LogP contribution < -0.4 is 16.0 Å². The molecule has 1 fully saturated rings. The molecule has 45 heavy (non-hydrogen) atoms. The number of anilines is 2. The number of nitrogens with one attached hydrogen (secondary N) is 3. The van der Waals surface area contributed by atoms with Crippen molar-refractivity contribution in [1.29, 1.82) is 0 Å². The van der Waals surface area contributed by atoms with E-state index in [1.54, 1.807) is 13.1 Å². The minimum Gasteiger partial charge on any atom is -0.387 e. The molecule has 1 aliphatic heterocycles. The smallest absolute Gasteiger partial charge is 0.252 e. The predicted octanol–water partition coefficient (Wildman–Crippen LogP) is 2.88. The van der Waals surface area contributed by atoms with Gasteiger partial charge in [0.1, 0.15) is 12.2 Å². The minimum atomic E-state index is -1.42. The topological polar surface area (TPSA) is 159 Å². The zero-order chi connectivity index (χ0) is 31.2. The summed E-state index contributed by atoms with van der Waals surface area (Å²) in [5, 5.41) is 31.0. The van der Waals surface area contributed by atoms with Crippen molar-refractivity contribution in [3.63, 3.8) is 0 Å². The molecular weight excluding hydrogens is 572 g/mol. The summed E-state index contributed by atoms with van der Waals surface area (Å²) in [6.45, 7) is 3.17. The van der Waals surface area contributed by atoms with Crippen LogP contribution >= 0.6 is 0 Å². The lowest BCUT2D eigenvalue weighted by Crippen LogP contribution is -2.42. The number of aliphatic hydroxyl groups is 2. The first kappa shape index (κ1) is 30.1. The van der Waals surface area contributed by atoms with Crippen molar-refractivity contribution >= 4 is 28.8 Å². The molecule has 6 rings (SSSR count). The van der Waals surface area contributed by atoms with Crippen LogP contribution in [0, 0.1) is 0 Å². The van der Waals surface area contributed by atoms with Gasteiger partial charge in [0.05, 0.1) is 6.33 Å². The Labute approximate surface area is 260 Å². The quantitative estimate of drug-likeness (QED) is 0.143. The molecule has 3 aromatic heterocycles. The monoisotopic (exact) mass is 608 g/mol. The van der Waals surface area contributed by atoms with Crippen molar-refractivity contribution in [2.24, 2.45) is 0 Å². The van der Waals surface area contributed by atoms with Crippen LogP contribution in [0.2, 0.25) is 0 Å². The maximum atomic E-state index is 12.5. The van der Waals surface area contributed by atoms with Gasteiger partial charge in [-0.1, -0.05) is 66.7 Å². The molecule has 0 saturated carbocycles. The molecule has 5 N–H and O–H groups in total. The SMILES string of the molecule is CCNC(=O)[C@H]1O[C@@H](n2cnc3c(NCC(c4ccccc4)c4ccccc4)nc(NCCc4ccccn4)nc32)[C@H](O)[C@@H]1O.